The molecule has 23 heavy (non-hydrogen) atoms. The van der Waals surface area contributed by atoms with E-state index in [0.717, 1.165) is 24.5 Å². The topological polar surface area (TPSA) is 60.2 Å². The number of anilines is 1. The third-order valence-electron chi connectivity index (χ3n) is 3.74. The van der Waals surface area contributed by atoms with E-state index >= 15 is 0 Å². The van der Waals surface area contributed by atoms with E-state index in [1.54, 1.807) is 12.1 Å². The Labute approximate surface area is 132 Å². The molecule has 0 unspecified atom stereocenters. The van der Waals surface area contributed by atoms with Crippen molar-refractivity contribution in [2.75, 3.05) is 11.9 Å². The first-order chi connectivity index (χ1) is 11.3. The highest BCUT2D eigenvalue weighted by Crippen LogP contribution is 2.31. The Kier molecular flexibility index (Phi) is 3.42. The lowest BCUT2D eigenvalue weighted by Crippen LogP contribution is -2.01. The number of rotatable bonds is 4. The van der Waals surface area contributed by atoms with Crippen LogP contribution in [-0.2, 0) is 13.0 Å². The zero-order valence-electron chi connectivity index (χ0n) is 12.3. The Morgan fingerprint density at radius 1 is 1.22 bits per heavy atom. The van der Waals surface area contributed by atoms with Crippen LogP contribution in [0.25, 0.3) is 11.3 Å². The normalized spacial score (nSPS) is 12.7. The number of ether oxygens (including phenoxy) is 1. The fraction of sp³-hybridized carbons (Fsp3) is 0.176. The lowest BCUT2D eigenvalue weighted by atomic mass is 10.1. The molecule has 0 atom stereocenters. The van der Waals surface area contributed by atoms with Gasteiger partial charge in [0.05, 0.1) is 17.5 Å². The van der Waals surface area contributed by atoms with E-state index in [-0.39, 0.29) is 5.82 Å². The molecular formula is C17H14FN3O2. The third-order valence-corrected chi connectivity index (χ3v) is 3.74. The van der Waals surface area contributed by atoms with Gasteiger partial charge in [-0.2, -0.15) is 0 Å². The molecule has 1 aromatic carbocycles. The number of pyridine rings is 1. The summed E-state index contributed by atoms with van der Waals surface area (Å²) in [5.74, 6) is 1.55. The van der Waals surface area contributed by atoms with Gasteiger partial charge in [-0.1, -0.05) is 11.2 Å². The van der Waals surface area contributed by atoms with Gasteiger partial charge in [-0.05, 0) is 36.2 Å². The molecule has 2 aromatic heterocycles. The summed E-state index contributed by atoms with van der Waals surface area (Å²) >= 11 is 0. The minimum atomic E-state index is -0.358. The average Bonchev–Trinajstić information content (AvgIpc) is 3.24. The Balaban J connectivity index is 1.57. The van der Waals surface area contributed by atoms with Crippen molar-refractivity contribution in [3.63, 3.8) is 0 Å². The molecule has 1 aliphatic rings. The van der Waals surface area contributed by atoms with Crippen LogP contribution in [0, 0.1) is 5.82 Å². The smallest absolute Gasteiger partial charge is 0.170 e. The first-order valence-electron chi connectivity index (χ1n) is 7.36. The van der Waals surface area contributed by atoms with E-state index in [9.17, 15) is 4.39 Å². The summed E-state index contributed by atoms with van der Waals surface area (Å²) in [6.07, 6.45) is 2.51. The van der Waals surface area contributed by atoms with Crippen LogP contribution in [-0.4, -0.2) is 16.7 Å². The molecule has 3 heterocycles. The van der Waals surface area contributed by atoms with E-state index in [1.807, 2.05) is 6.07 Å². The van der Waals surface area contributed by atoms with Gasteiger partial charge in [0.2, 0.25) is 0 Å². The van der Waals surface area contributed by atoms with Gasteiger partial charge in [-0.3, -0.25) is 0 Å². The molecule has 0 saturated heterocycles. The number of aromatic nitrogens is 2. The van der Waals surface area contributed by atoms with E-state index in [1.165, 1.54) is 23.9 Å². The second kappa shape index (κ2) is 5.72. The van der Waals surface area contributed by atoms with Crippen LogP contribution in [0.5, 0.6) is 5.75 Å². The summed E-state index contributed by atoms with van der Waals surface area (Å²) < 4.78 is 24.4. The predicted molar refractivity (Wildman–Crippen MR) is 82.7 cm³/mol. The Morgan fingerprint density at radius 2 is 2.17 bits per heavy atom. The maximum absolute atomic E-state index is 13.5. The summed E-state index contributed by atoms with van der Waals surface area (Å²) in [6.45, 7) is 1.21. The number of nitrogens with one attached hydrogen (secondary N) is 1. The van der Waals surface area contributed by atoms with Gasteiger partial charge < -0.3 is 14.6 Å². The Bertz CT molecular complexity index is 834. The molecular weight excluding hydrogens is 297 g/mol. The molecule has 0 aliphatic carbocycles. The molecule has 6 heteroatoms. The van der Waals surface area contributed by atoms with Crippen molar-refractivity contribution < 1.29 is 13.7 Å². The van der Waals surface area contributed by atoms with Crippen molar-refractivity contribution in [2.24, 2.45) is 0 Å². The van der Waals surface area contributed by atoms with Crippen molar-refractivity contribution >= 4 is 5.82 Å². The molecule has 0 bridgehead atoms. The number of halogens is 1. The second-order valence-corrected chi connectivity index (χ2v) is 5.29. The fourth-order valence-electron chi connectivity index (χ4n) is 2.61. The lowest BCUT2D eigenvalue weighted by Gasteiger charge is -2.10. The van der Waals surface area contributed by atoms with Crippen molar-refractivity contribution in [3.05, 3.63) is 59.7 Å². The summed E-state index contributed by atoms with van der Waals surface area (Å²) in [6, 6.07) is 9.98. The number of hydrogen-bond acceptors (Lipinski definition) is 5. The van der Waals surface area contributed by atoms with Gasteiger partial charge in [0.15, 0.2) is 5.76 Å². The first kappa shape index (κ1) is 13.8. The fourth-order valence-corrected chi connectivity index (χ4v) is 2.61. The molecule has 1 N–H and O–H groups in total. The minimum absolute atomic E-state index is 0.293. The number of benzene rings is 1. The van der Waals surface area contributed by atoms with Crippen LogP contribution in [0.2, 0.25) is 0 Å². The van der Waals surface area contributed by atoms with Gasteiger partial charge in [-0.25, -0.2) is 9.37 Å². The van der Waals surface area contributed by atoms with E-state index in [4.69, 9.17) is 9.26 Å². The quantitative estimate of drug-likeness (QED) is 0.800. The number of fused-ring (bicyclic) bond motifs is 1. The highest BCUT2D eigenvalue weighted by molar-refractivity contribution is 5.65. The summed E-state index contributed by atoms with van der Waals surface area (Å²) in [5, 5.41) is 6.89. The maximum Gasteiger partial charge on any atom is 0.170 e. The van der Waals surface area contributed by atoms with E-state index in [2.05, 4.69) is 21.5 Å². The summed E-state index contributed by atoms with van der Waals surface area (Å²) in [4.78, 5) is 4.53. The molecule has 3 aromatic rings. The molecule has 0 fully saturated rings. The molecule has 116 valence electrons. The zero-order valence-corrected chi connectivity index (χ0v) is 12.3. The van der Waals surface area contributed by atoms with E-state index in [0.29, 0.717) is 23.7 Å². The van der Waals surface area contributed by atoms with Crippen LogP contribution in [0.3, 0.4) is 0 Å². The summed E-state index contributed by atoms with van der Waals surface area (Å²) in [5.41, 5.74) is 2.56. The van der Waals surface area contributed by atoms with Crippen LogP contribution < -0.4 is 10.1 Å². The summed E-state index contributed by atoms with van der Waals surface area (Å²) in [7, 11) is 0. The highest BCUT2D eigenvalue weighted by atomic mass is 19.1. The zero-order chi connectivity index (χ0) is 15.6. The third kappa shape index (κ3) is 2.75. The molecule has 5 nitrogen and oxygen atoms in total. The van der Waals surface area contributed by atoms with Gasteiger partial charge in [0.1, 0.15) is 24.0 Å². The van der Waals surface area contributed by atoms with Gasteiger partial charge >= 0.3 is 0 Å². The Morgan fingerprint density at radius 3 is 3.04 bits per heavy atom. The monoisotopic (exact) mass is 311 g/mol. The molecule has 1 aliphatic heterocycles. The minimum Gasteiger partial charge on any atom is -0.487 e. The van der Waals surface area contributed by atoms with Crippen molar-refractivity contribution in [1.82, 2.24) is 10.1 Å². The number of nitrogens with zero attached hydrogens (tertiary/aromatic N) is 2. The molecule has 0 amide bonds. The van der Waals surface area contributed by atoms with E-state index < -0.39 is 0 Å². The molecule has 0 spiro atoms. The largest absolute Gasteiger partial charge is 0.487 e. The standard InChI is InChI=1S/C17H14FN3O2/c18-12-2-4-15(14(9-12)16-6-8-20-23-16)22-10-13-3-1-11-5-7-19-17(11)21-13/h1-4,6,8-9H,5,7,10H2,(H,19,21). The number of hydrogen-bond donors (Lipinski definition) is 1. The lowest BCUT2D eigenvalue weighted by molar-refractivity contribution is 0.301. The van der Waals surface area contributed by atoms with Gasteiger partial charge in [-0.15, -0.1) is 0 Å². The first-order valence-corrected chi connectivity index (χ1v) is 7.36. The molecule has 0 saturated carbocycles. The van der Waals surface area contributed by atoms with Crippen LogP contribution in [0.4, 0.5) is 10.2 Å². The van der Waals surface area contributed by atoms with Crippen molar-refractivity contribution in [1.29, 1.82) is 0 Å². The SMILES string of the molecule is Fc1ccc(OCc2ccc3c(n2)NCC3)c(-c2ccno2)c1. The highest BCUT2D eigenvalue weighted by Gasteiger charge is 2.14. The van der Waals surface area contributed by atoms with Gasteiger partial charge in [0, 0.05) is 12.6 Å². The average molecular weight is 311 g/mol. The Hall–Kier alpha value is -2.89. The maximum atomic E-state index is 13.5. The van der Waals surface area contributed by atoms with Crippen LogP contribution in [0.1, 0.15) is 11.3 Å². The second-order valence-electron chi connectivity index (χ2n) is 5.29. The van der Waals surface area contributed by atoms with Crippen molar-refractivity contribution in [2.45, 2.75) is 13.0 Å². The molecule has 0 radical (unpaired) electrons. The van der Waals surface area contributed by atoms with Crippen molar-refractivity contribution in [3.8, 4) is 17.1 Å². The van der Waals surface area contributed by atoms with Crippen LogP contribution >= 0.6 is 0 Å². The predicted octanol–water partition coefficient (Wildman–Crippen LogP) is 3.42. The van der Waals surface area contributed by atoms with Gasteiger partial charge in [0.25, 0.3) is 0 Å². The van der Waals surface area contributed by atoms with Crippen LogP contribution in [0.15, 0.2) is 47.1 Å². The molecule has 4 rings (SSSR count).